The Kier molecular flexibility index (Phi) is 5.15. The Morgan fingerprint density at radius 3 is 2.52 bits per heavy atom. The second kappa shape index (κ2) is 7.27. The van der Waals surface area contributed by atoms with Crippen LogP contribution >= 0.6 is 0 Å². The van der Waals surface area contributed by atoms with Crippen molar-refractivity contribution in [2.45, 2.75) is 13.1 Å². The summed E-state index contributed by atoms with van der Waals surface area (Å²) in [5.74, 6) is 2.63. The first-order valence-corrected chi connectivity index (χ1v) is 7.05. The lowest BCUT2D eigenvalue weighted by Gasteiger charge is -2.12. The first-order valence-electron chi connectivity index (χ1n) is 7.05. The van der Waals surface area contributed by atoms with E-state index in [1.54, 1.807) is 11.2 Å². The minimum Gasteiger partial charge on any atom is -0.369 e. The molecule has 2 aromatic rings. The van der Waals surface area contributed by atoms with Crippen molar-refractivity contribution in [1.29, 1.82) is 0 Å². The van der Waals surface area contributed by atoms with Gasteiger partial charge in [-0.25, -0.2) is 14.4 Å². The highest BCUT2D eigenvalue weighted by atomic mass is 16.2. The molecule has 0 saturated carbocycles. The van der Waals surface area contributed by atoms with Crippen molar-refractivity contribution in [3.05, 3.63) is 62.8 Å². The molecular formula is C17H18N4O2. The van der Waals surface area contributed by atoms with Gasteiger partial charge in [-0.05, 0) is 5.56 Å². The van der Waals surface area contributed by atoms with Gasteiger partial charge in [0.05, 0.1) is 19.4 Å². The van der Waals surface area contributed by atoms with Gasteiger partial charge >= 0.3 is 5.69 Å². The van der Waals surface area contributed by atoms with Crippen molar-refractivity contribution in [3.8, 4) is 12.3 Å². The molecule has 1 aromatic heterocycles. The molecule has 0 N–H and O–H groups in total. The van der Waals surface area contributed by atoms with Gasteiger partial charge in [0.2, 0.25) is 0 Å². The fourth-order valence-corrected chi connectivity index (χ4v) is 2.04. The Hall–Kier alpha value is -3.07. The van der Waals surface area contributed by atoms with Gasteiger partial charge in [0, 0.05) is 20.2 Å². The average Bonchev–Trinajstić information content (AvgIpc) is 2.53. The Labute approximate surface area is 134 Å². The number of hydrogen-bond acceptors (Lipinski definition) is 3. The molecule has 0 amide bonds. The van der Waals surface area contributed by atoms with Crippen LogP contribution in [-0.4, -0.2) is 34.5 Å². The third-order valence-electron chi connectivity index (χ3n) is 3.11. The van der Waals surface area contributed by atoms with Crippen LogP contribution in [0.25, 0.3) is 0 Å². The molecule has 23 heavy (non-hydrogen) atoms. The van der Waals surface area contributed by atoms with Gasteiger partial charge in [-0.3, -0.25) is 9.36 Å². The van der Waals surface area contributed by atoms with Crippen LogP contribution in [-0.2, 0) is 13.1 Å². The van der Waals surface area contributed by atoms with E-state index in [-0.39, 0.29) is 6.54 Å². The van der Waals surface area contributed by atoms with Crippen LogP contribution in [0.4, 0.5) is 5.82 Å². The van der Waals surface area contributed by atoms with Crippen molar-refractivity contribution >= 4 is 12.2 Å². The molecule has 0 aliphatic heterocycles. The molecule has 0 saturated heterocycles. The van der Waals surface area contributed by atoms with E-state index in [1.807, 2.05) is 44.4 Å². The van der Waals surface area contributed by atoms with E-state index in [0.29, 0.717) is 12.4 Å². The van der Waals surface area contributed by atoms with Gasteiger partial charge < -0.3 is 4.90 Å². The molecule has 0 aliphatic rings. The molecule has 0 aliphatic carbocycles. The fraction of sp³-hybridized carbons (Fsp3) is 0.235. The number of hydrogen-bond donors (Lipinski definition) is 0. The summed E-state index contributed by atoms with van der Waals surface area (Å²) >= 11 is 0. The van der Waals surface area contributed by atoms with Crippen LogP contribution in [0.3, 0.4) is 0 Å². The zero-order valence-corrected chi connectivity index (χ0v) is 13.1. The second-order valence-electron chi connectivity index (χ2n) is 5.19. The predicted molar refractivity (Wildman–Crippen MR) is 91.2 cm³/mol. The van der Waals surface area contributed by atoms with Gasteiger partial charge in [-0.1, -0.05) is 36.3 Å². The van der Waals surface area contributed by atoms with E-state index in [1.165, 1.54) is 10.6 Å². The Balaban J connectivity index is 2.59. The molecule has 1 heterocycles. The molecule has 0 fully saturated rings. The van der Waals surface area contributed by atoms with Crippen molar-refractivity contribution in [2.75, 3.05) is 14.1 Å². The van der Waals surface area contributed by atoms with Crippen molar-refractivity contribution in [1.82, 2.24) is 14.0 Å². The summed E-state index contributed by atoms with van der Waals surface area (Å²) in [5, 5.41) is 0. The molecule has 0 spiro atoms. The molecule has 0 atom stereocenters. The number of aromatic nitrogens is 2. The lowest BCUT2D eigenvalue weighted by Crippen LogP contribution is -2.39. The van der Waals surface area contributed by atoms with Crippen LogP contribution in [0.1, 0.15) is 5.56 Å². The first-order chi connectivity index (χ1) is 11.0. The number of rotatable bonds is 5. The molecule has 1 aromatic carbocycles. The van der Waals surface area contributed by atoms with E-state index in [2.05, 4.69) is 10.9 Å². The number of nitrogens with zero attached hydrogens (tertiary/aromatic N) is 4. The summed E-state index contributed by atoms with van der Waals surface area (Å²) in [7, 11) is 3.62. The van der Waals surface area contributed by atoms with E-state index in [9.17, 15) is 9.59 Å². The maximum Gasteiger partial charge on any atom is 0.333 e. The standard InChI is InChI=1S/C17H18N4O2/c1-4-10-20-16(22)11-15(18-13-19(2)3)21(17(20)23)12-14-8-6-5-7-9-14/h1,5-9,11,13H,10,12H2,2-3H3/b18-13+. The largest absolute Gasteiger partial charge is 0.369 e. The van der Waals surface area contributed by atoms with Crippen LogP contribution in [0.15, 0.2) is 51.0 Å². The third-order valence-corrected chi connectivity index (χ3v) is 3.11. The molecule has 2 rings (SSSR count). The number of terminal acetylenes is 1. The Morgan fingerprint density at radius 2 is 1.91 bits per heavy atom. The minimum absolute atomic E-state index is 0.0653. The van der Waals surface area contributed by atoms with Crippen molar-refractivity contribution in [3.63, 3.8) is 0 Å². The fourth-order valence-electron chi connectivity index (χ4n) is 2.04. The Bertz CT molecular complexity index is 855. The van der Waals surface area contributed by atoms with E-state index in [0.717, 1.165) is 10.1 Å². The maximum atomic E-state index is 12.6. The van der Waals surface area contributed by atoms with Crippen molar-refractivity contribution in [2.24, 2.45) is 4.99 Å². The molecule has 6 heteroatoms. The molecule has 0 radical (unpaired) electrons. The monoisotopic (exact) mass is 310 g/mol. The Morgan fingerprint density at radius 1 is 1.22 bits per heavy atom. The van der Waals surface area contributed by atoms with Gasteiger partial charge in [-0.2, -0.15) is 0 Å². The summed E-state index contributed by atoms with van der Waals surface area (Å²) in [6.45, 7) is 0.245. The highest BCUT2D eigenvalue weighted by Gasteiger charge is 2.10. The van der Waals surface area contributed by atoms with Crippen LogP contribution < -0.4 is 11.2 Å². The number of benzene rings is 1. The minimum atomic E-state index is -0.467. The summed E-state index contributed by atoms with van der Waals surface area (Å²) in [6.07, 6.45) is 6.79. The topological polar surface area (TPSA) is 59.6 Å². The number of aliphatic imine (C=N–C) groups is 1. The summed E-state index contributed by atoms with van der Waals surface area (Å²) in [6, 6.07) is 10.8. The lowest BCUT2D eigenvalue weighted by atomic mass is 10.2. The summed E-state index contributed by atoms with van der Waals surface area (Å²) < 4.78 is 2.46. The van der Waals surface area contributed by atoms with Crippen LogP contribution in [0.5, 0.6) is 0 Å². The maximum absolute atomic E-state index is 12.6. The van der Waals surface area contributed by atoms with Gasteiger partial charge in [0.1, 0.15) is 5.82 Å². The van der Waals surface area contributed by atoms with E-state index in [4.69, 9.17) is 6.42 Å². The highest BCUT2D eigenvalue weighted by Crippen LogP contribution is 2.09. The second-order valence-corrected chi connectivity index (χ2v) is 5.19. The normalized spacial score (nSPS) is 10.7. The quantitative estimate of drug-likeness (QED) is 0.469. The SMILES string of the molecule is C#CCn1c(=O)cc(/N=C/N(C)C)n(Cc2ccccc2)c1=O. The van der Waals surface area contributed by atoms with Gasteiger partial charge in [0.25, 0.3) is 5.56 Å². The molecular weight excluding hydrogens is 292 g/mol. The lowest BCUT2D eigenvalue weighted by molar-refractivity contribution is 0.621. The average molecular weight is 310 g/mol. The highest BCUT2D eigenvalue weighted by molar-refractivity contribution is 5.59. The molecule has 6 nitrogen and oxygen atoms in total. The van der Waals surface area contributed by atoms with Crippen LogP contribution in [0.2, 0.25) is 0 Å². The smallest absolute Gasteiger partial charge is 0.333 e. The summed E-state index contributed by atoms with van der Waals surface area (Å²) in [4.78, 5) is 30.6. The van der Waals surface area contributed by atoms with Gasteiger partial charge in [0.15, 0.2) is 0 Å². The third kappa shape index (κ3) is 3.98. The van der Waals surface area contributed by atoms with Crippen molar-refractivity contribution < 1.29 is 0 Å². The van der Waals surface area contributed by atoms with E-state index < -0.39 is 11.2 Å². The first kappa shape index (κ1) is 16.3. The zero-order valence-electron chi connectivity index (χ0n) is 13.1. The molecule has 0 unspecified atom stereocenters. The molecule has 118 valence electrons. The van der Waals surface area contributed by atoms with E-state index >= 15 is 0 Å². The van der Waals surface area contributed by atoms with Gasteiger partial charge in [-0.15, -0.1) is 6.42 Å². The molecule has 0 bridgehead atoms. The summed E-state index contributed by atoms with van der Waals surface area (Å²) in [5.41, 5.74) is 0.00943. The predicted octanol–water partition coefficient (Wildman–Crippen LogP) is 0.913. The van der Waals surface area contributed by atoms with Crippen LogP contribution in [0, 0.1) is 12.3 Å². The zero-order chi connectivity index (χ0) is 16.8.